The summed E-state index contributed by atoms with van der Waals surface area (Å²) >= 11 is 0. The van der Waals surface area contributed by atoms with Crippen molar-refractivity contribution in [3.63, 3.8) is 0 Å². The minimum absolute atomic E-state index is 0. The predicted octanol–water partition coefficient (Wildman–Crippen LogP) is 8.74. The van der Waals surface area contributed by atoms with Crippen LogP contribution in [0, 0.1) is 30.1 Å². The zero-order valence-electron chi connectivity index (χ0n) is 20.0. The van der Waals surface area contributed by atoms with Gasteiger partial charge in [-0.1, -0.05) is 86.2 Å². The molecule has 0 amide bonds. The van der Waals surface area contributed by atoms with Crippen molar-refractivity contribution in [3.05, 3.63) is 71.1 Å². The quantitative estimate of drug-likeness (QED) is 0.384. The van der Waals surface area contributed by atoms with Gasteiger partial charge < -0.3 is 0 Å². The molecule has 33 heavy (non-hydrogen) atoms. The van der Waals surface area contributed by atoms with Crippen LogP contribution < -0.4 is 0 Å². The van der Waals surface area contributed by atoms with Crippen LogP contribution in [0.1, 0.15) is 93.7 Å². The van der Waals surface area contributed by atoms with Crippen molar-refractivity contribution in [1.82, 2.24) is 0 Å². The largest absolute Gasteiger partial charge is 0.0613 e. The Bertz CT molecular complexity index is 1000. The van der Waals surface area contributed by atoms with Crippen LogP contribution in [0.3, 0.4) is 0 Å². The van der Waals surface area contributed by atoms with Crippen molar-refractivity contribution in [2.24, 2.45) is 23.7 Å². The minimum atomic E-state index is 0. The minimum Gasteiger partial charge on any atom is -0.0613 e. The maximum absolute atomic E-state index is 2.51. The molecule has 0 spiro atoms. The molecule has 0 aromatic heterocycles. The van der Waals surface area contributed by atoms with Gasteiger partial charge in [0.2, 0.25) is 0 Å². The molecule has 2 aromatic carbocycles. The van der Waals surface area contributed by atoms with E-state index < -0.39 is 0 Å². The van der Waals surface area contributed by atoms with Crippen LogP contribution in [-0.2, 0) is 31.6 Å². The topological polar surface area (TPSA) is 0 Å². The summed E-state index contributed by atoms with van der Waals surface area (Å²) < 4.78 is 0. The summed E-state index contributed by atoms with van der Waals surface area (Å²) in [4.78, 5) is 0. The summed E-state index contributed by atoms with van der Waals surface area (Å²) in [5.41, 5.74) is 9.43. The third-order valence-corrected chi connectivity index (χ3v) is 9.91. The van der Waals surface area contributed by atoms with Gasteiger partial charge in [0.15, 0.2) is 0 Å². The van der Waals surface area contributed by atoms with Crippen LogP contribution in [0.2, 0.25) is 0 Å². The van der Waals surface area contributed by atoms with Crippen LogP contribution in [-0.4, -0.2) is 0 Å². The van der Waals surface area contributed by atoms with Crippen LogP contribution in [0.5, 0.6) is 0 Å². The maximum Gasteiger partial charge on any atom is 0.0164 e. The molecule has 1 heteroatoms. The van der Waals surface area contributed by atoms with Crippen LogP contribution in [0.15, 0.2) is 48.0 Å². The first-order chi connectivity index (χ1) is 15.7. The Hall–Kier alpha value is -0.937. The predicted molar refractivity (Wildman–Crippen MR) is 134 cm³/mol. The summed E-state index contributed by atoms with van der Waals surface area (Å²) in [6, 6.07) is 16.8. The molecule has 4 bridgehead atoms. The van der Waals surface area contributed by atoms with Gasteiger partial charge in [0, 0.05) is 32.6 Å². The molecule has 1 radical (unpaired) electrons. The van der Waals surface area contributed by atoms with Gasteiger partial charge in [-0.3, -0.25) is 0 Å². The number of allylic oxidation sites excluding steroid dienone is 1. The average molecular weight is 513 g/mol. The Labute approximate surface area is 219 Å². The molecule has 5 saturated carbocycles. The number of hydrogen-bond acceptors (Lipinski definition) is 0. The molecule has 169 valence electrons. The number of rotatable bonds is 4. The van der Waals surface area contributed by atoms with Gasteiger partial charge >= 0.3 is 0 Å². The molecular weight excluding hydrogens is 476 g/mol. The molecule has 5 fully saturated rings. The van der Waals surface area contributed by atoms with E-state index in [-0.39, 0.29) is 26.2 Å². The maximum atomic E-state index is 2.51. The fourth-order valence-corrected chi connectivity index (χ4v) is 8.86. The molecule has 6 aliphatic carbocycles. The Kier molecular flexibility index (Phi) is 6.10. The summed E-state index contributed by atoms with van der Waals surface area (Å²) in [6.07, 6.45) is 22.4. The summed E-state index contributed by atoms with van der Waals surface area (Å²) in [5.74, 6) is 3.95. The van der Waals surface area contributed by atoms with E-state index in [0.29, 0.717) is 5.41 Å². The second-order valence-electron chi connectivity index (χ2n) is 12.2. The van der Waals surface area contributed by atoms with E-state index in [1.165, 1.54) is 99.3 Å². The van der Waals surface area contributed by atoms with E-state index in [1.54, 1.807) is 11.1 Å². The molecule has 8 rings (SSSR count). The van der Waals surface area contributed by atoms with Crippen molar-refractivity contribution in [2.75, 3.05) is 0 Å². The van der Waals surface area contributed by atoms with E-state index in [2.05, 4.69) is 55.0 Å². The standard InChI is InChI=1S/C32H37.Zr/c1-2-5-22(6-3-1)13-23-17-28-7-4-8-30(31(28)18-23)27-9-11-29(12-10-27)32-19-24-14-25(20-32)16-26(15-24)21-32;/h4,7-12,17-18,22,24-26H,1-3,5-6,13-16,19-21H2;. The third-order valence-electron chi connectivity index (χ3n) is 9.91. The molecule has 0 nitrogen and oxygen atoms in total. The number of benzene rings is 2. The molecule has 2 aromatic rings. The van der Waals surface area contributed by atoms with Crippen LogP contribution in [0.25, 0.3) is 17.2 Å². The zero-order valence-corrected chi connectivity index (χ0v) is 22.4. The van der Waals surface area contributed by atoms with Gasteiger partial charge in [-0.2, -0.15) is 0 Å². The Balaban J connectivity index is 0.00000206. The first kappa shape index (κ1) is 22.5. The SMILES string of the molecule is [CH]1C(CC2CCCCC2)=Cc2c1cccc2-c1ccc(C23CC4CC(CC(C4)C2)C3)cc1.[Zr]. The van der Waals surface area contributed by atoms with Crippen molar-refractivity contribution in [1.29, 1.82) is 0 Å². The second kappa shape index (κ2) is 8.93. The molecule has 0 unspecified atom stereocenters. The third kappa shape index (κ3) is 4.09. The van der Waals surface area contributed by atoms with Gasteiger partial charge in [-0.05, 0) is 102 Å². The van der Waals surface area contributed by atoms with Crippen molar-refractivity contribution in [2.45, 2.75) is 82.5 Å². The second-order valence-corrected chi connectivity index (χ2v) is 12.2. The summed E-state index contributed by atoms with van der Waals surface area (Å²) in [5, 5.41) is 0. The van der Waals surface area contributed by atoms with E-state index in [9.17, 15) is 0 Å². The molecule has 0 saturated heterocycles. The van der Waals surface area contributed by atoms with Gasteiger partial charge in [0.1, 0.15) is 0 Å². The van der Waals surface area contributed by atoms with Gasteiger partial charge in [0.05, 0.1) is 0 Å². The molecule has 6 aliphatic rings. The Morgan fingerprint density at radius 2 is 1.42 bits per heavy atom. The van der Waals surface area contributed by atoms with Crippen molar-refractivity contribution < 1.29 is 26.2 Å². The van der Waals surface area contributed by atoms with E-state index in [4.69, 9.17) is 0 Å². The average Bonchev–Trinajstić information content (AvgIpc) is 3.21. The molecule has 0 atom stereocenters. The van der Waals surface area contributed by atoms with Crippen molar-refractivity contribution >= 4 is 6.08 Å². The van der Waals surface area contributed by atoms with Gasteiger partial charge in [0.25, 0.3) is 0 Å². The zero-order chi connectivity index (χ0) is 21.1. The monoisotopic (exact) mass is 511 g/mol. The molecule has 0 aliphatic heterocycles. The molecular formula is C32H37Zr. The number of hydrogen-bond donors (Lipinski definition) is 0. The summed E-state index contributed by atoms with van der Waals surface area (Å²) in [7, 11) is 0. The van der Waals surface area contributed by atoms with Crippen LogP contribution >= 0.6 is 0 Å². The number of fused-ring (bicyclic) bond motifs is 1. The van der Waals surface area contributed by atoms with Crippen molar-refractivity contribution in [3.8, 4) is 11.1 Å². The first-order valence-corrected chi connectivity index (χ1v) is 13.5. The molecule has 0 heterocycles. The Morgan fingerprint density at radius 3 is 2.09 bits per heavy atom. The fourth-order valence-electron chi connectivity index (χ4n) is 8.86. The van der Waals surface area contributed by atoms with Gasteiger partial charge in [-0.25, -0.2) is 0 Å². The van der Waals surface area contributed by atoms with E-state index in [0.717, 1.165) is 23.7 Å². The van der Waals surface area contributed by atoms with E-state index >= 15 is 0 Å². The molecule has 0 N–H and O–H groups in total. The van der Waals surface area contributed by atoms with E-state index in [1.807, 2.05) is 0 Å². The first-order valence-electron chi connectivity index (χ1n) is 13.5. The van der Waals surface area contributed by atoms with Crippen LogP contribution in [0.4, 0.5) is 0 Å². The van der Waals surface area contributed by atoms with Gasteiger partial charge in [-0.15, -0.1) is 0 Å². The smallest absolute Gasteiger partial charge is 0.0164 e. The Morgan fingerprint density at radius 1 is 0.758 bits per heavy atom. The normalized spacial score (nSPS) is 32.4. The summed E-state index contributed by atoms with van der Waals surface area (Å²) in [6.45, 7) is 0. The fraction of sp³-hybridized carbons (Fsp3) is 0.531.